The first-order valence-electron chi connectivity index (χ1n) is 5.52. The fourth-order valence-electron chi connectivity index (χ4n) is 1.48. The van der Waals surface area contributed by atoms with E-state index in [1.165, 1.54) is 0 Å². The van der Waals surface area contributed by atoms with Gasteiger partial charge in [0.1, 0.15) is 0 Å². The van der Waals surface area contributed by atoms with Gasteiger partial charge in [-0.25, -0.2) is 0 Å². The number of rotatable bonds is 11. The summed E-state index contributed by atoms with van der Waals surface area (Å²) in [6.45, 7) is -2.25. The van der Waals surface area contributed by atoms with Gasteiger partial charge in [0, 0.05) is 13.1 Å². The van der Waals surface area contributed by atoms with Crippen molar-refractivity contribution in [2.45, 2.75) is 0 Å². The van der Waals surface area contributed by atoms with E-state index in [1.807, 2.05) is 0 Å². The van der Waals surface area contributed by atoms with Gasteiger partial charge in [0.05, 0.1) is 26.2 Å². The molecule has 128 valence electrons. The Bertz CT molecular complexity index is 324. The first-order chi connectivity index (χ1) is 9.20. The normalized spacial score (nSPS) is 9.73. The van der Waals surface area contributed by atoms with Crippen molar-refractivity contribution in [2.24, 2.45) is 0 Å². The molecule has 0 atom stereocenters. The minimum Gasteiger partial charge on any atom is -0.480 e. The molecule has 0 aromatic heterocycles. The van der Waals surface area contributed by atoms with E-state index in [9.17, 15) is 19.2 Å². The van der Waals surface area contributed by atoms with Crippen LogP contribution in [0.4, 0.5) is 0 Å². The van der Waals surface area contributed by atoms with Crippen LogP contribution in [0, 0.1) is 0 Å². The van der Waals surface area contributed by atoms with Gasteiger partial charge in [-0.15, -0.1) is 0 Å². The second-order valence-electron chi connectivity index (χ2n) is 4.00. The lowest BCUT2D eigenvalue weighted by atomic mass is 10.4. The van der Waals surface area contributed by atoms with Gasteiger partial charge >= 0.3 is 23.9 Å². The Morgan fingerprint density at radius 3 is 0.909 bits per heavy atom. The summed E-state index contributed by atoms with van der Waals surface area (Å²) < 4.78 is 0. The summed E-state index contributed by atoms with van der Waals surface area (Å²) in [5.74, 6) is -4.91. The van der Waals surface area contributed by atoms with E-state index in [2.05, 4.69) is 0 Å². The summed E-state index contributed by atoms with van der Waals surface area (Å²) in [7, 11) is 0. The number of carboxylic acids is 4. The molecule has 0 heterocycles. The maximum absolute atomic E-state index is 10.6. The van der Waals surface area contributed by atoms with Crippen molar-refractivity contribution in [1.82, 2.24) is 16.0 Å². The number of hydrogen-bond acceptors (Lipinski definition) is 7. The maximum atomic E-state index is 10.6. The molecular weight excluding hydrogens is 317 g/mol. The molecule has 0 aliphatic heterocycles. The zero-order chi connectivity index (χ0) is 15.7. The van der Waals surface area contributed by atoms with Crippen LogP contribution >= 0.6 is 0 Å². The topological polar surface area (TPSA) is 191 Å². The lowest BCUT2D eigenvalue weighted by Crippen LogP contribution is -2.43. The van der Waals surface area contributed by atoms with Gasteiger partial charge in [-0.05, 0) is 0 Å². The first kappa shape index (κ1) is 25.3. The summed E-state index contributed by atoms with van der Waals surface area (Å²) in [4.78, 5) is 44.4. The largest absolute Gasteiger partial charge is 0.480 e. The number of carboxylic acid groups (broad SMARTS) is 4. The Morgan fingerprint density at radius 1 is 0.591 bits per heavy atom. The summed E-state index contributed by atoms with van der Waals surface area (Å²) in [6.07, 6.45) is 0. The minimum absolute atomic E-state index is 0. The molecule has 0 saturated heterocycles. The van der Waals surface area contributed by atoms with E-state index < -0.39 is 50.1 Å². The van der Waals surface area contributed by atoms with E-state index >= 15 is 0 Å². The predicted octanol–water partition coefficient (Wildman–Crippen LogP) is -3.09. The maximum Gasteiger partial charge on any atom is 0.317 e. The lowest BCUT2D eigenvalue weighted by Gasteiger charge is -2.23. The number of aliphatic carboxylic acids is 4. The van der Waals surface area contributed by atoms with Crippen LogP contribution in [0.2, 0.25) is 0 Å². The van der Waals surface area contributed by atoms with Crippen molar-refractivity contribution in [3.63, 3.8) is 0 Å². The summed E-state index contributed by atoms with van der Waals surface area (Å²) in [6, 6.07) is 0. The van der Waals surface area contributed by atoms with Crippen molar-refractivity contribution in [3.8, 4) is 0 Å². The van der Waals surface area contributed by atoms with Crippen LogP contribution < -0.4 is 6.15 Å². The Hall–Kier alpha value is -1.71. The van der Waals surface area contributed by atoms with E-state index in [0.29, 0.717) is 0 Å². The monoisotopic (exact) mass is 339 g/mol. The molecule has 0 aromatic rings. The third kappa shape index (κ3) is 14.7. The van der Waals surface area contributed by atoms with Crippen molar-refractivity contribution in [1.29, 1.82) is 0 Å². The zero-order valence-corrected chi connectivity index (χ0v) is 11.3. The third-order valence-corrected chi connectivity index (χ3v) is 2.17. The van der Waals surface area contributed by atoms with Gasteiger partial charge in [0.25, 0.3) is 0 Å². The molecule has 0 bridgehead atoms. The van der Waals surface area contributed by atoms with Crippen molar-refractivity contribution in [2.75, 3.05) is 39.3 Å². The molecule has 0 amide bonds. The highest BCUT2D eigenvalue weighted by Gasteiger charge is 2.17. The second kappa shape index (κ2) is 13.0. The SMILES string of the molecule is N.O=C(O)CN(CCN(CC(=O)O)CC(=O)O)CC(=O)O.[AlH3]. The molecule has 0 fully saturated rings. The highest BCUT2D eigenvalue weighted by molar-refractivity contribution is 5.75. The Morgan fingerprint density at radius 2 is 0.773 bits per heavy atom. The molecule has 0 radical (unpaired) electrons. The average molecular weight is 339 g/mol. The van der Waals surface area contributed by atoms with Gasteiger partial charge in [0.15, 0.2) is 17.4 Å². The van der Waals surface area contributed by atoms with Crippen LogP contribution in [0.3, 0.4) is 0 Å². The molecular formula is C10H22AlN3O8. The van der Waals surface area contributed by atoms with Crippen LogP contribution in [-0.2, 0) is 19.2 Å². The molecule has 0 aliphatic rings. The Labute approximate surface area is 136 Å². The number of hydrogen-bond donors (Lipinski definition) is 5. The van der Waals surface area contributed by atoms with Crippen LogP contribution in [-0.4, -0.2) is 111 Å². The van der Waals surface area contributed by atoms with Gasteiger partial charge < -0.3 is 26.6 Å². The average Bonchev–Trinajstić information content (AvgIpc) is 2.22. The van der Waals surface area contributed by atoms with E-state index in [1.54, 1.807) is 0 Å². The van der Waals surface area contributed by atoms with Gasteiger partial charge in [0.2, 0.25) is 0 Å². The molecule has 0 saturated carbocycles. The van der Waals surface area contributed by atoms with Gasteiger partial charge in [-0.3, -0.25) is 29.0 Å². The fraction of sp³-hybridized carbons (Fsp3) is 0.600. The molecule has 12 heteroatoms. The lowest BCUT2D eigenvalue weighted by molar-refractivity contribution is -0.145. The van der Waals surface area contributed by atoms with Crippen molar-refractivity contribution in [3.05, 3.63) is 0 Å². The predicted molar refractivity (Wildman–Crippen MR) is 78.4 cm³/mol. The van der Waals surface area contributed by atoms with Crippen molar-refractivity contribution >= 4 is 41.2 Å². The summed E-state index contributed by atoms with van der Waals surface area (Å²) in [5, 5.41) is 34.5. The molecule has 0 spiro atoms. The van der Waals surface area contributed by atoms with Gasteiger partial charge in [-0.1, -0.05) is 0 Å². The quantitative estimate of drug-likeness (QED) is 0.240. The van der Waals surface area contributed by atoms with Crippen LogP contribution in [0.1, 0.15) is 0 Å². The molecule has 0 rings (SSSR count). The van der Waals surface area contributed by atoms with Crippen LogP contribution in [0.5, 0.6) is 0 Å². The molecule has 11 nitrogen and oxygen atoms in total. The third-order valence-electron chi connectivity index (χ3n) is 2.17. The van der Waals surface area contributed by atoms with E-state index in [-0.39, 0.29) is 36.6 Å². The molecule has 22 heavy (non-hydrogen) atoms. The Kier molecular flexibility index (Phi) is 14.9. The summed E-state index contributed by atoms with van der Waals surface area (Å²) in [5.41, 5.74) is 0. The van der Waals surface area contributed by atoms with Gasteiger partial charge in [-0.2, -0.15) is 0 Å². The molecule has 0 aromatic carbocycles. The standard InChI is InChI=1S/C10H16N2O8.Al.H3N.3H/c13-7(14)3-11(4-8(15)16)1-2-12(5-9(17)18)6-10(19)20;;;;;/h1-6H2,(H,13,14)(H,15,16)(H,17,18)(H,19,20);;1H3;;;. The number of carbonyl (C=O) groups is 4. The molecule has 0 unspecified atom stereocenters. The Balaban J connectivity index is -0.00000180. The van der Waals surface area contributed by atoms with Crippen LogP contribution in [0.15, 0.2) is 0 Å². The van der Waals surface area contributed by atoms with Crippen LogP contribution in [0.25, 0.3) is 0 Å². The highest BCUT2D eigenvalue weighted by atomic mass is 27.0. The van der Waals surface area contributed by atoms with E-state index in [0.717, 1.165) is 9.80 Å². The smallest absolute Gasteiger partial charge is 0.317 e. The summed E-state index contributed by atoms with van der Waals surface area (Å²) >= 11 is 0. The first-order valence-corrected chi connectivity index (χ1v) is 5.52. The highest BCUT2D eigenvalue weighted by Crippen LogP contribution is 1.94. The van der Waals surface area contributed by atoms with E-state index in [4.69, 9.17) is 20.4 Å². The fourth-order valence-corrected chi connectivity index (χ4v) is 1.48. The molecule has 0 aliphatic carbocycles. The molecule has 7 N–H and O–H groups in total. The zero-order valence-electron chi connectivity index (χ0n) is 11.3. The number of nitrogens with zero attached hydrogens (tertiary/aromatic N) is 2. The second-order valence-corrected chi connectivity index (χ2v) is 4.00. The minimum atomic E-state index is -1.23. The van der Waals surface area contributed by atoms with Crippen molar-refractivity contribution < 1.29 is 39.6 Å².